The Balaban J connectivity index is 2.50. The zero-order chi connectivity index (χ0) is 15.1. The summed E-state index contributed by atoms with van der Waals surface area (Å²) in [4.78, 5) is 22.8. The first-order chi connectivity index (χ1) is 9.47. The fourth-order valence-corrected chi connectivity index (χ4v) is 1.51. The third-order valence-corrected chi connectivity index (χ3v) is 2.85. The summed E-state index contributed by atoms with van der Waals surface area (Å²) in [5, 5.41) is 11.3. The second-order valence-corrected chi connectivity index (χ2v) is 4.36. The SMILES string of the molecule is COC(=O)C(CO)NC(=O)COc1ccc(C)c(C)c1. The van der Waals surface area contributed by atoms with Crippen LogP contribution in [0.2, 0.25) is 0 Å². The van der Waals surface area contributed by atoms with Gasteiger partial charge in [0, 0.05) is 0 Å². The minimum absolute atomic E-state index is 0.240. The number of aliphatic hydroxyl groups excluding tert-OH is 1. The van der Waals surface area contributed by atoms with Gasteiger partial charge in [-0.1, -0.05) is 6.07 Å². The second-order valence-electron chi connectivity index (χ2n) is 4.36. The van der Waals surface area contributed by atoms with Gasteiger partial charge in [-0.25, -0.2) is 4.79 Å². The highest BCUT2D eigenvalue weighted by Crippen LogP contribution is 2.16. The summed E-state index contributed by atoms with van der Waals surface area (Å²) in [6, 6.07) is 4.41. The van der Waals surface area contributed by atoms with E-state index < -0.39 is 24.5 Å². The molecule has 0 aromatic heterocycles. The molecule has 6 heteroatoms. The van der Waals surface area contributed by atoms with Crippen molar-refractivity contribution in [3.05, 3.63) is 29.3 Å². The van der Waals surface area contributed by atoms with E-state index in [2.05, 4.69) is 10.1 Å². The molecule has 0 aliphatic rings. The van der Waals surface area contributed by atoms with Gasteiger partial charge < -0.3 is 19.9 Å². The highest BCUT2D eigenvalue weighted by atomic mass is 16.5. The van der Waals surface area contributed by atoms with Crippen LogP contribution in [0, 0.1) is 13.8 Å². The molecule has 0 bridgehead atoms. The van der Waals surface area contributed by atoms with E-state index in [0.717, 1.165) is 11.1 Å². The quantitative estimate of drug-likeness (QED) is 0.734. The number of esters is 1. The molecule has 0 fully saturated rings. The molecule has 0 saturated heterocycles. The van der Waals surface area contributed by atoms with E-state index >= 15 is 0 Å². The second kappa shape index (κ2) is 7.49. The third-order valence-electron chi connectivity index (χ3n) is 2.85. The molecule has 6 nitrogen and oxygen atoms in total. The number of carbonyl (C=O) groups is 2. The Hall–Kier alpha value is -2.08. The van der Waals surface area contributed by atoms with Gasteiger partial charge in [0.2, 0.25) is 0 Å². The highest BCUT2D eigenvalue weighted by Gasteiger charge is 2.20. The monoisotopic (exact) mass is 281 g/mol. The number of aryl methyl sites for hydroxylation is 2. The van der Waals surface area contributed by atoms with Crippen LogP contribution in [0.1, 0.15) is 11.1 Å². The molecule has 0 aliphatic carbocycles. The zero-order valence-corrected chi connectivity index (χ0v) is 11.8. The maximum atomic E-state index is 11.6. The summed E-state index contributed by atoms with van der Waals surface area (Å²) in [5.74, 6) is -0.637. The van der Waals surface area contributed by atoms with Gasteiger partial charge in [0.15, 0.2) is 12.6 Å². The van der Waals surface area contributed by atoms with E-state index in [9.17, 15) is 9.59 Å². The smallest absolute Gasteiger partial charge is 0.330 e. The summed E-state index contributed by atoms with van der Waals surface area (Å²) >= 11 is 0. The van der Waals surface area contributed by atoms with Crippen molar-refractivity contribution < 1.29 is 24.2 Å². The molecule has 0 radical (unpaired) electrons. The summed E-state index contributed by atoms with van der Waals surface area (Å²) in [6.45, 7) is 3.16. The van der Waals surface area contributed by atoms with E-state index in [1.54, 1.807) is 6.07 Å². The van der Waals surface area contributed by atoms with Crippen molar-refractivity contribution >= 4 is 11.9 Å². The van der Waals surface area contributed by atoms with E-state index in [-0.39, 0.29) is 6.61 Å². The molecule has 0 aliphatic heterocycles. The van der Waals surface area contributed by atoms with Crippen molar-refractivity contribution in [2.45, 2.75) is 19.9 Å². The molecule has 0 spiro atoms. The van der Waals surface area contributed by atoms with Crippen LogP contribution in [0.5, 0.6) is 5.75 Å². The normalized spacial score (nSPS) is 11.6. The van der Waals surface area contributed by atoms with Crippen LogP contribution in [0.25, 0.3) is 0 Å². The van der Waals surface area contributed by atoms with Crippen LogP contribution in [0.4, 0.5) is 0 Å². The van der Waals surface area contributed by atoms with Gasteiger partial charge in [-0.2, -0.15) is 0 Å². The van der Waals surface area contributed by atoms with Gasteiger partial charge in [-0.15, -0.1) is 0 Å². The highest BCUT2D eigenvalue weighted by molar-refractivity contribution is 5.85. The average molecular weight is 281 g/mol. The fraction of sp³-hybridized carbons (Fsp3) is 0.429. The number of methoxy groups -OCH3 is 1. The van der Waals surface area contributed by atoms with Crippen LogP contribution in [-0.4, -0.2) is 43.3 Å². The maximum Gasteiger partial charge on any atom is 0.330 e. The van der Waals surface area contributed by atoms with Gasteiger partial charge in [-0.05, 0) is 37.1 Å². The fourth-order valence-electron chi connectivity index (χ4n) is 1.51. The minimum Gasteiger partial charge on any atom is -0.484 e. The predicted octanol–water partition coefficient (Wildman–Crippen LogP) is 0.332. The molecule has 20 heavy (non-hydrogen) atoms. The first-order valence-electron chi connectivity index (χ1n) is 6.16. The van der Waals surface area contributed by atoms with Gasteiger partial charge in [0.25, 0.3) is 5.91 Å². The Morgan fingerprint density at radius 2 is 2.00 bits per heavy atom. The third kappa shape index (κ3) is 4.55. The number of hydrogen-bond donors (Lipinski definition) is 2. The predicted molar refractivity (Wildman–Crippen MR) is 72.4 cm³/mol. The molecule has 0 saturated carbocycles. The first-order valence-corrected chi connectivity index (χ1v) is 6.16. The van der Waals surface area contributed by atoms with Crippen LogP contribution in [0.3, 0.4) is 0 Å². The lowest BCUT2D eigenvalue weighted by molar-refractivity contribution is -0.146. The molecule has 1 amide bonds. The van der Waals surface area contributed by atoms with Crippen molar-refractivity contribution in [2.24, 2.45) is 0 Å². The van der Waals surface area contributed by atoms with E-state index in [1.165, 1.54) is 7.11 Å². The number of ether oxygens (including phenoxy) is 2. The standard InChI is InChI=1S/C14H19NO5/c1-9-4-5-11(6-10(9)2)20-8-13(17)15-12(7-16)14(18)19-3/h4-6,12,16H,7-8H2,1-3H3,(H,15,17). The Kier molecular flexibility index (Phi) is 5.99. The molecule has 1 rings (SSSR count). The number of hydrogen-bond acceptors (Lipinski definition) is 5. The van der Waals surface area contributed by atoms with Gasteiger partial charge in [-0.3, -0.25) is 4.79 Å². The Morgan fingerprint density at radius 1 is 1.30 bits per heavy atom. The van der Waals surface area contributed by atoms with Crippen LogP contribution in [0.15, 0.2) is 18.2 Å². The molecule has 110 valence electrons. The minimum atomic E-state index is -1.07. The summed E-state index contributed by atoms with van der Waals surface area (Å²) in [6.07, 6.45) is 0. The van der Waals surface area contributed by atoms with E-state index in [0.29, 0.717) is 5.75 Å². The Bertz CT molecular complexity index is 486. The van der Waals surface area contributed by atoms with Crippen molar-refractivity contribution in [1.29, 1.82) is 0 Å². The van der Waals surface area contributed by atoms with E-state index in [4.69, 9.17) is 9.84 Å². The average Bonchev–Trinajstić information content (AvgIpc) is 2.45. The van der Waals surface area contributed by atoms with Crippen LogP contribution >= 0.6 is 0 Å². The molecule has 1 aromatic rings. The van der Waals surface area contributed by atoms with Crippen molar-refractivity contribution in [1.82, 2.24) is 5.32 Å². The Morgan fingerprint density at radius 3 is 2.55 bits per heavy atom. The number of aliphatic hydroxyl groups is 1. The molecule has 1 aromatic carbocycles. The van der Waals surface area contributed by atoms with Gasteiger partial charge in [0.1, 0.15) is 5.75 Å². The van der Waals surface area contributed by atoms with E-state index in [1.807, 2.05) is 26.0 Å². The number of benzene rings is 1. The lowest BCUT2D eigenvalue weighted by atomic mass is 10.1. The summed E-state index contributed by atoms with van der Waals surface area (Å²) < 4.78 is 9.76. The number of carbonyl (C=O) groups excluding carboxylic acids is 2. The Labute approximate surface area is 117 Å². The summed E-state index contributed by atoms with van der Waals surface area (Å²) in [7, 11) is 1.18. The number of nitrogens with one attached hydrogen (secondary N) is 1. The molecule has 0 heterocycles. The lowest BCUT2D eigenvalue weighted by Gasteiger charge is -2.14. The summed E-state index contributed by atoms with van der Waals surface area (Å²) in [5.41, 5.74) is 2.19. The first kappa shape index (κ1) is 16.0. The molecular formula is C14H19NO5. The molecule has 1 unspecified atom stereocenters. The number of amides is 1. The van der Waals surface area contributed by atoms with Gasteiger partial charge >= 0.3 is 5.97 Å². The van der Waals surface area contributed by atoms with Crippen molar-refractivity contribution in [3.8, 4) is 5.75 Å². The maximum absolute atomic E-state index is 11.6. The molecule has 1 atom stereocenters. The molecule has 2 N–H and O–H groups in total. The number of rotatable bonds is 6. The lowest BCUT2D eigenvalue weighted by Crippen LogP contribution is -2.45. The zero-order valence-electron chi connectivity index (χ0n) is 11.8. The van der Waals surface area contributed by atoms with Crippen LogP contribution < -0.4 is 10.1 Å². The van der Waals surface area contributed by atoms with Gasteiger partial charge in [0.05, 0.1) is 13.7 Å². The van der Waals surface area contributed by atoms with Crippen LogP contribution in [-0.2, 0) is 14.3 Å². The molecular weight excluding hydrogens is 262 g/mol. The largest absolute Gasteiger partial charge is 0.484 e. The van der Waals surface area contributed by atoms with Crippen molar-refractivity contribution in [2.75, 3.05) is 20.3 Å². The topological polar surface area (TPSA) is 84.9 Å². The van der Waals surface area contributed by atoms with Crippen molar-refractivity contribution in [3.63, 3.8) is 0 Å².